The lowest BCUT2D eigenvalue weighted by Gasteiger charge is -2.22. The van der Waals surface area contributed by atoms with Gasteiger partial charge in [0.05, 0.1) is 22.1 Å². The van der Waals surface area contributed by atoms with E-state index in [1.54, 1.807) is 0 Å². The second-order valence-corrected chi connectivity index (χ2v) is 18.6. The van der Waals surface area contributed by atoms with Crippen LogP contribution in [0.1, 0.15) is 25.0 Å². The Hall–Kier alpha value is -8.60. The van der Waals surface area contributed by atoms with Crippen LogP contribution in [0.25, 0.3) is 110 Å². The van der Waals surface area contributed by atoms with E-state index in [4.69, 9.17) is 0 Å². The lowest BCUT2D eigenvalue weighted by molar-refractivity contribution is 0.660. The van der Waals surface area contributed by atoms with Gasteiger partial charge in [0, 0.05) is 71.8 Å². The van der Waals surface area contributed by atoms with Crippen molar-refractivity contribution in [2.75, 3.05) is 0 Å². The Bertz CT molecular complexity index is 4230. The van der Waals surface area contributed by atoms with Gasteiger partial charge in [-0.1, -0.05) is 129 Å². The van der Waals surface area contributed by atoms with Gasteiger partial charge in [-0.05, 0) is 148 Å². The van der Waals surface area contributed by atoms with Gasteiger partial charge in [0.1, 0.15) is 0 Å². The molecular formula is C63H44N4. The summed E-state index contributed by atoms with van der Waals surface area (Å²) in [5, 5.41) is 7.16. The van der Waals surface area contributed by atoms with Crippen LogP contribution in [-0.2, 0) is 5.41 Å². The summed E-state index contributed by atoms with van der Waals surface area (Å²) in [6, 6.07) is 85.5. The van der Waals surface area contributed by atoms with E-state index in [2.05, 4.69) is 263 Å². The molecule has 0 unspecified atom stereocenters. The average Bonchev–Trinajstić information content (AvgIpc) is 3.96. The van der Waals surface area contributed by atoms with Gasteiger partial charge in [-0.2, -0.15) is 0 Å². The number of fused-ring (bicyclic) bond motifs is 13. The zero-order valence-electron chi connectivity index (χ0n) is 37.2. The normalized spacial score (nSPS) is 13.0. The van der Waals surface area contributed by atoms with Gasteiger partial charge in [-0.3, -0.25) is 0 Å². The molecule has 0 fully saturated rings. The summed E-state index contributed by atoms with van der Waals surface area (Å²) >= 11 is 0. The van der Waals surface area contributed by atoms with Gasteiger partial charge in [0.25, 0.3) is 0 Å². The molecule has 3 heterocycles. The summed E-state index contributed by atoms with van der Waals surface area (Å²) in [6.45, 7) is 4.73. The van der Waals surface area contributed by atoms with E-state index in [-0.39, 0.29) is 5.41 Å². The van der Waals surface area contributed by atoms with Crippen LogP contribution >= 0.6 is 0 Å². The van der Waals surface area contributed by atoms with E-state index in [0.717, 1.165) is 66.6 Å². The third kappa shape index (κ3) is 5.60. The van der Waals surface area contributed by atoms with E-state index in [9.17, 15) is 0 Å². The van der Waals surface area contributed by atoms with Crippen molar-refractivity contribution in [1.29, 1.82) is 0 Å². The van der Waals surface area contributed by atoms with Crippen LogP contribution in [0.4, 0.5) is 0 Å². The summed E-state index contributed by atoms with van der Waals surface area (Å²) in [7, 11) is 0. The van der Waals surface area contributed by atoms with E-state index in [1.807, 2.05) is 0 Å². The molecule has 0 amide bonds. The summed E-state index contributed by atoms with van der Waals surface area (Å²) in [4.78, 5) is 0. The molecule has 0 atom stereocenters. The molecule has 0 saturated carbocycles. The lowest BCUT2D eigenvalue weighted by Crippen LogP contribution is -2.15. The molecule has 10 aromatic carbocycles. The molecule has 4 heteroatoms. The van der Waals surface area contributed by atoms with Crippen molar-refractivity contribution < 1.29 is 0 Å². The smallest absolute Gasteiger partial charge is 0.0561 e. The predicted molar refractivity (Wildman–Crippen MR) is 281 cm³/mol. The van der Waals surface area contributed by atoms with Gasteiger partial charge in [0.2, 0.25) is 0 Å². The highest BCUT2D eigenvalue weighted by Gasteiger charge is 2.35. The first kappa shape index (κ1) is 37.7. The first-order valence-electron chi connectivity index (χ1n) is 23.3. The van der Waals surface area contributed by atoms with Gasteiger partial charge in [-0.15, -0.1) is 0 Å². The first-order chi connectivity index (χ1) is 33.0. The van der Waals surface area contributed by atoms with Crippen LogP contribution in [0.2, 0.25) is 0 Å². The average molecular weight is 857 g/mol. The molecule has 8 bridgehead atoms. The van der Waals surface area contributed by atoms with E-state index >= 15 is 0 Å². The monoisotopic (exact) mass is 856 g/mol. The zero-order valence-corrected chi connectivity index (χ0v) is 37.2. The van der Waals surface area contributed by atoms with Crippen molar-refractivity contribution in [2.24, 2.45) is 0 Å². The Balaban J connectivity index is 1.11. The highest BCUT2D eigenvalue weighted by atomic mass is 15.0. The first-order valence-corrected chi connectivity index (χ1v) is 23.3. The highest BCUT2D eigenvalue weighted by Crippen LogP contribution is 2.49. The fraction of sp³-hybridized carbons (Fsp3) is 0.0476. The molecule has 67 heavy (non-hydrogen) atoms. The molecule has 0 N–H and O–H groups in total. The van der Waals surface area contributed by atoms with Gasteiger partial charge < -0.3 is 18.3 Å². The Labute approximate surface area is 387 Å². The molecular weight excluding hydrogens is 813 g/mol. The van der Waals surface area contributed by atoms with E-state index in [0.29, 0.717) is 0 Å². The van der Waals surface area contributed by atoms with Gasteiger partial charge >= 0.3 is 0 Å². The Morgan fingerprint density at radius 1 is 0.269 bits per heavy atom. The summed E-state index contributed by atoms with van der Waals surface area (Å²) in [5.74, 6) is 0. The topological polar surface area (TPSA) is 19.7 Å². The maximum atomic E-state index is 2.46. The maximum absolute atomic E-state index is 2.46. The van der Waals surface area contributed by atoms with Gasteiger partial charge in [-0.25, -0.2) is 0 Å². The third-order valence-electron chi connectivity index (χ3n) is 14.6. The van der Waals surface area contributed by atoms with Crippen molar-refractivity contribution in [2.45, 2.75) is 19.3 Å². The molecule has 316 valence electrons. The third-order valence-corrected chi connectivity index (χ3v) is 14.6. The molecule has 1 aliphatic rings. The Morgan fingerprint density at radius 3 is 1.42 bits per heavy atom. The highest BCUT2D eigenvalue weighted by molar-refractivity contribution is 6.13. The van der Waals surface area contributed by atoms with E-state index < -0.39 is 0 Å². The van der Waals surface area contributed by atoms with Crippen LogP contribution in [0.3, 0.4) is 0 Å². The molecule has 0 radical (unpaired) electrons. The molecule has 1 aliphatic carbocycles. The zero-order chi connectivity index (χ0) is 44.4. The number of benzene rings is 10. The summed E-state index contributed by atoms with van der Waals surface area (Å²) < 4.78 is 9.73. The molecule has 0 saturated heterocycles. The second-order valence-electron chi connectivity index (χ2n) is 18.6. The molecule has 3 aromatic heterocycles. The minimum atomic E-state index is -0.134. The van der Waals surface area contributed by atoms with Crippen LogP contribution < -0.4 is 0 Å². The number of aromatic nitrogens is 4. The van der Waals surface area contributed by atoms with Crippen molar-refractivity contribution in [3.8, 4) is 33.9 Å². The van der Waals surface area contributed by atoms with Crippen molar-refractivity contribution >= 4 is 76.5 Å². The van der Waals surface area contributed by atoms with Crippen molar-refractivity contribution in [1.82, 2.24) is 18.3 Å². The minimum Gasteiger partial charge on any atom is -0.310 e. The number of rotatable bonds is 4. The van der Waals surface area contributed by atoms with Gasteiger partial charge in [0.15, 0.2) is 0 Å². The fourth-order valence-electron chi connectivity index (χ4n) is 11.5. The molecule has 0 spiro atoms. The van der Waals surface area contributed by atoms with Crippen LogP contribution in [0.15, 0.2) is 231 Å². The second kappa shape index (κ2) is 14.2. The fourth-order valence-corrected chi connectivity index (χ4v) is 11.5. The predicted octanol–water partition coefficient (Wildman–Crippen LogP) is 16.4. The number of hydrogen-bond donors (Lipinski definition) is 0. The maximum Gasteiger partial charge on any atom is 0.0561 e. The number of hydrogen-bond acceptors (Lipinski definition) is 0. The van der Waals surface area contributed by atoms with E-state index in [1.165, 1.54) is 54.8 Å². The summed E-state index contributed by atoms with van der Waals surface area (Å²) in [5.41, 5.74) is 18.8. The minimum absolute atomic E-state index is 0.134. The summed E-state index contributed by atoms with van der Waals surface area (Å²) in [6.07, 6.45) is 0. The number of para-hydroxylation sites is 3. The van der Waals surface area contributed by atoms with Crippen molar-refractivity contribution in [3.63, 3.8) is 0 Å². The van der Waals surface area contributed by atoms with Crippen molar-refractivity contribution in [3.05, 3.63) is 242 Å². The van der Waals surface area contributed by atoms with Crippen LogP contribution in [-0.4, -0.2) is 18.3 Å². The lowest BCUT2D eigenvalue weighted by atomic mass is 9.82. The molecule has 4 nitrogen and oxygen atoms in total. The SMILES string of the molecule is CC1(C)c2ccccc2-c2ccc(-n3c4cccc(c4)c4cccc(c4)n(-c4ccc5c6ccccc6n(-c6ccccc6)c5c4)c4ccc5c(c4)c4cc3ccc4n5-c3ccccc3)cc21. The largest absolute Gasteiger partial charge is 0.310 e. The number of nitrogens with zero attached hydrogens (tertiary/aromatic N) is 4. The van der Waals surface area contributed by atoms with Crippen LogP contribution in [0.5, 0.6) is 0 Å². The standard InChI is InChI=1S/C63H44N4/c1-63(2)57-25-11-9-23-51(57)52-31-27-49(39-58(52)63)64-45-21-13-15-41(35-45)42-16-14-22-46(36-42)65(50-28-32-54-53-24-10-12-26-59(53)67(62(54)40-50)44-19-7-4-8-20-44)48-30-34-61-56(38-48)55-37-47(64)29-33-60(55)66(61)43-17-5-3-6-18-43/h3-40H,1-2H3. The Morgan fingerprint density at radius 2 is 0.761 bits per heavy atom. The molecule has 13 aromatic rings. The van der Waals surface area contributed by atoms with Crippen LogP contribution in [0, 0.1) is 0 Å². The quantitative estimate of drug-likeness (QED) is 0.168. The molecule has 14 rings (SSSR count). The molecule has 0 aliphatic heterocycles. The Kier molecular flexibility index (Phi) is 8.00.